The molecule has 12 heavy (non-hydrogen) atoms. The van der Waals surface area contributed by atoms with E-state index in [0.29, 0.717) is 6.42 Å². The van der Waals surface area contributed by atoms with E-state index in [1.54, 1.807) is 27.7 Å². The highest BCUT2D eigenvalue weighted by Crippen LogP contribution is 2.10. The molecule has 0 saturated heterocycles. The van der Waals surface area contributed by atoms with Crippen LogP contribution in [0.15, 0.2) is 11.5 Å². The van der Waals surface area contributed by atoms with Crippen molar-refractivity contribution in [3.63, 3.8) is 0 Å². The highest BCUT2D eigenvalue weighted by molar-refractivity contribution is 7.93. The van der Waals surface area contributed by atoms with E-state index in [1.165, 1.54) is 0 Å². The van der Waals surface area contributed by atoms with E-state index in [4.69, 9.17) is 0 Å². The van der Waals surface area contributed by atoms with Crippen LogP contribution in [0.25, 0.3) is 0 Å². The Morgan fingerprint density at radius 1 is 1.42 bits per heavy atom. The van der Waals surface area contributed by atoms with Gasteiger partial charge in [-0.3, -0.25) is 0 Å². The van der Waals surface area contributed by atoms with Crippen LogP contribution in [0, 0.1) is 0 Å². The molecule has 0 radical (unpaired) electrons. The van der Waals surface area contributed by atoms with Crippen molar-refractivity contribution < 1.29 is 8.42 Å². The molecule has 0 aromatic rings. The first-order chi connectivity index (χ1) is 5.19. The van der Waals surface area contributed by atoms with Crippen LogP contribution in [0.5, 0.6) is 0 Å². The Kier molecular flexibility index (Phi) is 3.47. The summed E-state index contributed by atoms with van der Waals surface area (Å²) in [5.74, 6) is 0. The Hall–Kier alpha value is -0.350. The topological polar surface area (TPSA) is 46.2 Å². The summed E-state index contributed by atoms with van der Waals surface area (Å²) in [6, 6.07) is 0. The molecule has 0 atom stereocenters. The molecule has 0 rings (SSSR count). The van der Waals surface area contributed by atoms with E-state index in [9.17, 15) is 8.42 Å². The molecule has 1 N–H and O–H groups in total. The highest BCUT2D eigenvalue weighted by atomic mass is 32.2. The lowest BCUT2D eigenvalue weighted by molar-refractivity contribution is 0.494. The first-order valence-electron chi connectivity index (χ1n) is 3.91. The Balaban J connectivity index is 4.57. The molecule has 4 heteroatoms. The predicted molar refractivity (Wildman–Crippen MR) is 51.2 cm³/mol. The van der Waals surface area contributed by atoms with Gasteiger partial charge in [-0.05, 0) is 27.2 Å². The van der Waals surface area contributed by atoms with Crippen molar-refractivity contribution in [2.24, 2.45) is 0 Å². The molecule has 0 unspecified atom stereocenters. The molecule has 0 aliphatic carbocycles. The van der Waals surface area contributed by atoms with Crippen molar-refractivity contribution in [3.05, 3.63) is 11.5 Å². The predicted octanol–water partition coefficient (Wildman–Crippen LogP) is 1.63. The van der Waals surface area contributed by atoms with Crippen molar-refractivity contribution in [2.75, 3.05) is 0 Å². The van der Waals surface area contributed by atoms with Crippen molar-refractivity contribution in [2.45, 2.75) is 39.7 Å². The molecule has 0 saturated carbocycles. The molecule has 0 aromatic heterocycles. The minimum absolute atomic E-state index is 0.234. The number of hydrogen-bond acceptors (Lipinski definition) is 2. The maximum atomic E-state index is 11.4. The highest BCUT2D eigenvalue weighted by Gasteiger charge is 2.21. The average Bonchev–Trinajstić information content (AvgIpc) is 1.80. The standard InChI is InChI=1S/C8H17NO2S/c1-6-7(2)12(10,11)9-8(3,4)5/h9H,2,6H2,1,3-5H3. The third kappa shape index (κ3) is 3.88. The third-order valence-electron chi connectivity index (χ3n) is 1.21. The largest absolute Gasteiger partial charge is 0.236 e. The lowest BCUT2D eigenvalue weighted by atomic mass is 10.1. The van der Waals surface area contributed by atoms with Crippen molar-refractivity contribution in [1.82, 2.24) is 4.72 Å². The van der Waals surface area contributed by atoms with Gasteiger partial charge >= 0.3 is 0 Å². The number of rotatable bonds is 3. The lowest BCUT2D eigenvalue weighted by Crippen LogP contribution is -2.40. The van der Waals surface area contributed by atoms with Gasteiger partial charge in [0.2, 0.25) is 10.0 Å². The average molecular weight is 191 g/mol. The maximum Gasteiger partial charge on any atom is 0.236 e. The van der Waals surface area contributed by atoms with E-state index in [0.717, 1.165) is 0 Å². The minimum atomic E-state index is -3.31. The fourth-order valence-corrected chi connectivity index (χ4v) is 2.00. The van der Waals surface area contributed by atoms with E-state index in [2.05, 4.69) is 11.3 Å². The van der Waals surface area contributed by atoms with Gasteiger partial charge < -0.3 is 0 Å². The van der Waals surface area contributed by atoms with Crippen molar-refractivity contribution in [1.29, 1.82) is 0 Å². The Bertz CT molecular complexity index is 259. The lowest BCUT2D eigenvalue weighted by Gasteiger charge is -2.20. The summed E-state index contributed by atoms with van der Waals surface area (Å²) >= 11 is 0. The second kappa shape index (κ2) is 3.58. The Morgan fingerprint density at radius 2 is 1.83 bits per heavy atom. The maximum absolute atomic E-state index is 11.4. The summed E-state index contributed by atoms with van der Waals surface area (Å²) in [4.78, 5) is 0.234. The van der Waals surface area contributed by atoms with Crippen LogP contribution in [-0.4, -0.2) is 14.0 Å². The molecule has 0 aromatic carbocycles. The molecule has 72 valence electrons. The Labute approximate surface area is 74.9 Å². The number of allylic oxidation sites excluding steroid dienone is 1. The summed E-state index contributed by atoms with van der Waals surface area (Å²) in [7, 11) is -3.31. The molecule has 0 aliphatic heterocycles. The molecular weight excluding hydrogens is 174 g/mol. The molecule has 3 nitrogen and oxygen atoms in total. The van der Waals surface area contributed by atoms with Gasteiger partial charge in [-0.15, -0.1) is 0 Å². The third-order valence-corrected chi connectivity index (χ3v) is 3.14. The van der Waals surface area contributed by atoms with Gasteiger partial charge in [-0.2, -0.15) is 0 Å². The Morgan fingerprint density at radius 3 is 2.08 bits per heavy atom. The minimum Gasteiger partial charge on any atom is -0.207 e. The van der Waals surface area contributed by atoms with Crippen LogP contribution < -0.4 is 4.72 Å². The molecule has 0 aliphatic rings. The summed E-state index contributed by atoms with van der Waals surface area (Å²) in [5.41, 5.74) is -0.434. The van der Waals surface area contributed by atoms with Gasteiger partial charge in [-0.25, -0.2) is 13.1 Å². The van der Waals surface area contributed by atoms with Gasteiger partial charge in [0.25, 0.3) is 0 Å². The second-order valence-corrected chi connectivity index (χ2v) is 5.54. The van der Waals surface area contributed by atoms with Gasteiger partial charge in [0.05, 0.1) is 4.91 Å². The number of sulfonamides is 1. The molecule has 0 spiro atoms. The molecule has 0 amide bonds. The normalized spacial score (nSPS) is 13.0. The van der Waals surface area contributed by atoms with Crippen LogP contribution in [0.4, 0.5) is 0 Å². The molecular formula is C8H17NO2S. The fraction of sp³-hybridized carbons (Fsp3) is 0.750. The van der Waals surface area contributed by atoms with E-state index in [1.807, 2.05) is 0 Å². The zero-order valence-corrected chi connectivity index (χ0v) is 8.96. The quantitative estimate of drug-likeness (QED) is 0.737. The SMILES string of the molecule is C=C(CC)S(=O)(=O)NC(C)(C)C. The summed E-state index contributed by atoms with van der Waals surface area (Å²) < 4.78 is 25.3. The first kappa shape index (κ1) is 11.6. The summed E-state index contributed by atoms with van der Waals surface area (Å²) in [6.45, 7) is 10.6. The van der Waals surface area contributed by atoms with E-state index < -0.39 is 15.6 Å². The molecule has 0 bridgehead atoms. The molecule has 0 fully saturated rings. The summed E-state index contributed by atoms with van der Waals surface area (Å²) in [6.07, 6.45) is 0.450. The zero-order valence-electron chi connectivity index (χ0n) is 8.14. The van der Waals surface area contributed by atoms with E-state index >= 15 is 0 Å². The number of hydrogen-bond donors (Lipinski definition) is 1. The van der Waals surface area contributed by atoms with Crippen molar-refractivity contribution in [3.8, 4) is 0 Å². The fourth-order valence-electron chi connectivity index (χ4n) is 0.665. The van der Waals surface area contributed by atoms with E-state index in [-0.39, 0.29) is 4.91 Å². The molecule has 0 heterocycles. The van der Waals surface area contributed by atoms with Gasteiger partial charge in [0.1, 0.15) is 0 Å². The monoisotopic (exact) mass is 191 g/mol. The smallest absolute Gasteiger partial charge is 0.207 e. The van der Waals surface area contributed by atoms with Crippen LogP contribution in [-0.2, 0) is 10.0 Å². The van der Waals surface area contributed by atoms with Crippen LogP contribution in [0.1, 0.15) is 34.1 Å². The van der Waals surface area contributed by atoms with Gasteiger partial charge in [-0.1, -0.05) is 13.5 Å². The zero-order chi connectivity index (χ0) is 9.99. The van der Waals surface area contributed by atoms with Gasteiger partial charge in [0.15, 0.2) is 0 Å². The van der Waals surface area contributed by atoms with Crippen LogP contribution in [0.3, 0.4) is 0 Å². The van der Waals surface area contributed by atoms with Crippen LogP contribution in [0.2, 0.25) is 0 Å². The van der Waals surface area contributed by atoms with Crippen LogP contribution >= 0.6 is 0 Å². The van der Waals surface area contributed by atoms with Crippen molar-refractivity contribution >= 4 is 10.0 Å². The number of nitrogens with one attached hydrogen (secondary N) is 1. The second-order valence-electron chi connectivity index (χ2n) is 3.75. The van der Waals surface area contributed by atoms with Gasteiger partial charge in [0, 0.05) is 5.54 Å². The summed E-state index contributed by atoms with van der Waals surface area (Å²) in [5, 5.41) is 0. The first-order valence-corrected chi connectivity index (χ1v) is 5.39.